The van der Waals surface area contributed by atoms with Gasteiger partial charge in [-0.15, -0.1) is 0 Å². The second-order valence-corrected chi connectivity index (χ2v) is 5.39. The van der Waals surface area contributed by atoms with Gasteiger partial charge in [0, 0.05) is 24.7 Å². The summed E-state index contributed by atoms with van der Waals surface area (Å²) in [6.07, 6.45) is 1.60. The second-order valence-electron chi connectivity index (χ2n) is 5.39. The number of hydrogen-bond donors (Lipinski definition) is 1. The number of esters is 1. The molecule has 0 saturated carbocycles. The highest BCUT2D eigenvalue weighted by Gasteiger charge is 2.19. The van der Waals surface area contributed by atoms with Crippen molar-refractivity contribution < 1.29 is 23.5 Å². The average molecular weight is 344 g/mol. The van der Waals surface area contributed by atoms with E-state index in [0.29, 0.717) is 17.0 Å². The Morgan fingerprint density at radius 2 is 2.00 bits per heavy atom. The van der Waals surface area contributed by atoms with Crippen LogP contribution in [0.1, 0.15) is 29.5 Å². The van der Waals surface area contributed by atoms with Gasteiger partial charge in [0.15, 0.2) is 0 Å². The molecule has 0 spiro atoms. The fourth-order valence-electron chi connectivity index (χ4n) is 2.29. The van der Waals surface area contributed by atoms with Crippen LogP contribution in [0.15, 0.2) is 47.1 Å². The molecule has 2 aromatic rings. The number of rotatable bonds is 7. The van der Waals surface area contributed by atoms with E-state index in [9.17, 15) is 14.4 Å². The Hall–Kier alpha value is -3.09. The topological polar surface area (TPSA) is 88.8 Å². The van der Waals surface area contributed by atoms with Crippen molar-refractivity contribution in [2.24, 2.45) is 0 Å². The normalized spacial score (nSPS) is 10.2. The molecule has 0 radical (unpaired) electrons. The van der Waals surface area contributed by atoms with Crippen LogP contribution in [0, 0.1) is 0 Å². The molecule has 1 aromatic carbocycles. The van der Waals surface area contributed by atoms with Crippen LogP contribution in [0.3, 0.4) is 0 Å². The number of nitrogens with zero attached hydrogens (tertiary/aromatic N) is 1. The van der Waals surface area contributed by atoms with Gasteiger partial charge in [-0.1, -0.05) is 6.07 Å². The smallest absolute Gasteiger partial charge is 0.307 e. The third-order valence-corrected chi connectivity index (χ3v) is 3.46. The summed E-state index contributed by atoms with van der Waals surface area (Å²) >= 11 is 0. The van der Waals surface area contributed by atoms with Gasteiger partial charge in [-0.05, 0) is 30.3 Å². The van der Waals surface area contributed by atoms with Gasteiger partial charge in [0.05, 0.1) is 26.3 Å². The molecule has 2 rings (SSSR count). The average Bonchev–Trinajstić information content (AvgIpc) is 3.10. The van der Waals surface area contributed by atoms with E-state index in [1.54, 1.807) is 36.4 Å². The number of methoxy groups -OCH3 is 1. The number of carbonyl (C=O) groups excluding carboxylic acids is 3. The monoisotopic (exact) mass is 344 g/mol. The lowest BCUT2D eigenvalue weighted by Crippen LogP contribution is -2.32. The summed E-state index contributed by atoms with van der Waals surface area (Å²) in [7, 11) is 1.30. The fraction of sp³-hybridized carbons (Fsp3) is 0.278. The molecule has 0 saturated heterocycles. The molecular formula is C18H20N2O5. The number of nitrogens with one attached hydrogen (secondary N) is 1. The molecule has 2 amide bonds. The van der Waals surface area contributed by atoms with E-state index in [-0.39, 0.29) is 31.3 Å². The molecule has 0 aliphatic heterocycles. The van der Waals surface area contributed by atoms with E-state index in [4.69, 9.17) is 4.42 Å². The first kappa shape index (κ1) is 18.3. The highest BCUT2D eigenvalue weighted by Crippen LogP contribution is 2.15. The molecule has 0 atom stereocenters. The summed E-state index contributed by atoms with van der Waals surface area (Å²) in [5, 5.41) is 2.64. The summed E-state index contributed by atoms with van der Waals surface area (Å²) in [6.45, 7) is 1.82. The third-order valence-electron chi connectivity index (χ3n) is 3.46. The van der Waals surface area contributed by atoms with Crippen LogP contribution >= 0.6 is 0 Å². The molecule has 0 aliphatic carbocycles. The van der Waals surface area contributed by atoms with Crippen molar-refractivity contribution in [3.8, 4) is 0 Å². The zero-order chi connectivity index (χ0) is 18.2. The summed E-state index contributed by atoms with van der Waals surface area (Å²) in [5.41, 5.74) is 0.937. The van der Waals surface area contributed by atoms with Gasteiger partial charge in [0.1, 0.15) is 5.76 Å². The second kappa shape index (κ2) is 8.68. The minimum atomic E-state index is -0.399. The van der Waals surface area contributed by atoms with Crippen LogP contribution < -0.4 is 5.32 Å². The number of amides is 2. The number of anilines is 1. The van der Waals surface area contributed by atoms with Crippen LogP contribution in [0.4, 0.5) is 5.69 Å². The molecule has 132 valence electrons. The van der Waals surface area contributed by atoms with Crippen molar-refractivity contribution >= 4 is 23.5 Å². The fourth-order valence-corrected chi connectivity index (χ4v) is 2.29. The Labute approximate surface area is 145 Å². The van der Waals surface area contributed by atoms with Crippen molar-refractivity contribution in [2.75, 3.05) is 19.0 Å². The third kappa shape index (κ3) is 5.49. The minimum absolute atomic E-state index is 0.0777. The summed E-state index contributed by atoms with van der Waals surface area (Å²) in [5.74, 6) is -0.282. The molecule has 0 bridgehead atoms. The Balaban J connectivity index is 2.18. The van der Waals surface area contributed by atoms with Gasteiger partial charge < -0.3 is 19.4 Å². The van der Waals surface area contributed by atoms with Crippen LogP contribution in [-0.2, 0) is 20.9 Å². The number of ether oxygens (including phenoxy) is 1. The SMILES string of the molecule is COC(=O)CCN(Cc1ccco1)C(=O)c1cccc(NC(C)=O)c1. The molecule has 7 nitrogen and oxygen atoms in total. The first-order valence-corrected chi connectivity index (χ1v) is 7.75. The van der Waals surface area contributed by atoms with E-state index < -0.39 is 5.97 Å². The molecule has 1 heterocycles. The summed E-state index contributed by atoms with van der Waals surface area (Å²) in [4.78, 5) is 36.9. The molecule has 1 N–H and O–H groups in total. The Kier molecular flexibility index (Phi) is 6.33. The Bertz CT molecular complexity index is 740. The van der Waals surface area contributed by atoms with Gasteiger partial charge in [-0.2, -0.15) is 0 Å². The first-order chi connectivity index (χ1) is 12.0. The van der Waals surface area contributed by atoms with Crippen molar-refractivity contribution in [1.82, 2.24) is 4.90 Å². The van der Waals surface area contributed by atoms with Gasteiger partial charge in [0.25, 0.3) is 5.91 Å². The first-order valence-electron chi connectivity index (χ1n) is 7.75. The maximum Gasteiger partial charge on any atom is 0.307 e. The molecule has 25 heavy (non-hydrogen) atoms. The van der Waals surface area contributed by atoms with Crippen LogP contribution in [0.5, 0.6) is 0 Å². The lowest BCUT2D eigenvalue weighted by atomic mass is 10.1. The predicted molar refractivity (Wildman–Crippen MR) is 90.8 cm³/mol. The van der Waals surface area contributed by atoms with E-state index in [1.807, 2.05) is 0 Å². The zero-order valence-corrected chi connectivity index (χ0v) is 14.2. The van der Waals surface area contributed by atoms with E-state index >= 15 is 0 Å². The lowest BCUT2D eigenvalue weighted by Gasteiger charge is -2.21. The maximum absolute atomic E-state index is 12.8. The number of carbonyl (C=O) groups is 3. The lowest BCUT2D eigenvalue weighted by molar-refractivity contribution is -0.140. The largest absolute Gasteiger partial charge is 0.469 e. The van der Waals surface area contributed by atoms with Gasteiger partial charge in [0.2, 0.25) is 5.91 Å². The molecular weight excluding hydrogens is 324 g/mol. The van der Waals surface area contributed by atoms with Crippen LogP contribution in [0.2, 0.25) is 0 Å². The van der Waals surface area contributed by atoms with Crippen molar-refractivity contribution in [2.45, 2.75) is 19.9 Å². The molecule has 1 aromatic heterocycles. The highest BCUT2D eigenvalue weighted by molar-refractivity contribution is 5.97. The Morgan fingerprint density at radius 1 is 1.20 bits per heavy atom. The van der Waals surface area contributed by atoms with Gasteiger partial charge in [-0.3, -0.25) is 14.4 Å². The molecule has 0 fully saturated rings. The minimum Gasteiger partial charge on any atom is -0.469 e. The molecule has 0 unspecified atom stereocenters. The number of hydrogen-bond acceptors (Lipinski definition) is 5. The van der Waals surface area contributed by atoms with E-state index in [2.05, 4.69) is 10.1 Å². The summed E-state index contributed by atoms with van der Waals surface area (Å²) in [6, 6.07) is 10.1. The van der Waals surface area contributed by atoms with Crippen molar-refractivity contribution in [3.63, 3.8) is 0 Å². The molecule has 7 heteroatoms. The van der Waals surface area contributed by atoms with Crippen molar-refractivity contribution in [1.29, 1.82) is 0 Å². The number of furan rings is 1. The van der Waals surface area contributed by atoms with Crippen LogP contribution in [0.25, 0.3) is 0 Å². The number of benzene rings is 1. The predicted octanol–water partition coefficient (Wildman–Crippen LogP) is 2.44. The van der Waals surface area contributed by atoms with Crippen molar-refractivity contribution in [3.05, 3.63) is 54.0 Å². The quantitative estimate of drug-likeness (QED) is 0.779. The maximum atomic E-state index is 12.8. The van der Waals surface area contributed by atoms with Gasteiger partial charge >= 0.3 is 5.97 Å². The van der Waals surface area contributed by atoms with Gasteiger partial charge in [-0.25, -0.2) is 0 Å². The summed E-state index contributed by atoms with van der Waals surface area (Å²) < 4.78 is 9.93. The van der Waals surface area contributed by atoms with E-state index in [1.165, 1.54) is 25.2 Å². The van der Waals surface area contributed by atoms with E-state index in [0.717, 1.165) is 0 Å². The standard InChI is InChI=1S/C18H20N2O5/c1-13(21)19-15-6-3-5-14(11-15)18(23)20(9-8-17(22)24-2)12-16-7-4-10-25-16/h3-7,10-11H,8-9,12H2,1-2H3,(H,19,21). The Morgan fingerprint density at radius 3 is 2.64 bits per heavy atom. The molecule has 0 aliphatic rings. The van der Waals surface area contributed by atoms with Crippen LogP contribution in [-0.4, -0.2) is 36.3 Å². The highest BCUT2D eigenvalue weighted by atomic mass is 16.5. The zero-order valence-electron chi connectivity index (χ0n) is 14.2.